The highest BCUT2D eigenvalue weighted by Crippen LogP contribution is 2.22. The number of nitrogens with zero attached hydrogens (tertiary/aromatic N) is 1. The van der Waals surface area contributed by atoms with Crippen molar-refractivity contribution in [2.75, 3.05) is 11.9 Å². The fourth-order valence-corrected chi connectivity index (χ4v) is 4.06. The van der Waals surface area contributed by atoms with Crippen molar-refractivity contribution in [2.24, 2.45) is 0 Å². The van der Waals surface area contributed by atoms with E-state index in [9.17, 15) is 14.0 Å². The zero-order chi connectivity index (χ0) is 23.4. The molecule has 0 aliphatic heterocycles. The number of aromatic amines is 1. The Labute approximate surface area is 192 Å². The van der Waals surface area contributed by atoms with E-state index in [-0.39, 0.29) is 18.2 Å². The average molecular weight is 444 g/mol. The van der Waals surface area contributed by atoms with Gasteiger partial charge in [-0.1, -0.05) is 54.6 Å². The highest BCUT2D eigenvalue weighted by molar-refractivity contribution is 5.99. The summed E-state index contributed by atoms with van der Waals surface area (Å²) in [6.45, 7) is 1.94. The lowest BCUT2D eigenvalue weighted by Crippen LogP contribution is -2.49. The maximum absolute atomic E-state index is 13.7. The summed E-state index contributed by atoms with van der Waals surface area (Å²) in [5.74, 6) is -0.983. The van der Waals surface area contributed by atoms with E-state index in [1.165, 1.54) is 17.0 Å². The summed E-state index contributed by atoms with van der Waals surface area (Å²) in [6.07, 6.45) is 0.482. The number of anilines is 1. The fraction of sp³-hybridized carbons (Fsp3) is 0.185. The first-order valence-electron chi connectivity index (χ1n) is 10.8. The molecule has 1 aromatic heterocycles. The van der Waals surface area contributed by atoms with Crippen LogP contribution in [0, 0.1) is 12.7 Å². The van der Waals surface area contributed by atoms with Crippen LogP contribution >= 0.6 is 0 Å². The second kappa shape index (κ2) is 9.69. The molecular formula is C27H26FN3O2. The van der Waals surface area contributed by atoms with Crippen molar-refractivity contribution in [1.29, 1.82) is 0 Å². The van der Waals surface area contributed by atoms with Crippen molar-refractivity contribution in [1.82, 2.24) is 10.3 Å². The SMILES string of the molecule is Cc1[nH]c2ccccc2c1CC(=O)N[C@@H](Cc1ccccc1)C(=O)N(C)c1cccc(F)c1. The molecule has 4 aromatic rings. The number of para-hydroxylation sites is 1. The van der Waals surface area contributed by atoms with Crippen LogP contribution < -0.4 is 10.2 Å². The molecule has 0 radical (unpaired) electrons. The largest absolute Gasteiger partial charge is 0.358 e. The number of fused-ring (bicyclic) bond motifs is 1. The van der Waals surface area contributed by atoms with Gasteiger partial charge in [0.25, 0.3) is 0 Å². The molecule has 0 fully saturated rings. The molecule has 0 saturated carbocycles. The van der Waals surface area contributed by atoms with Gasteiger partial charge < -0.3 is 15.2 Å². The van der Waals surface area contributed by atoms with Crippen molar-refractivity contribution in [3.8, 4) is 0 Å². The molecule has 0 saturated heterocycles. The molecule has 0 bridgehead atoms. The third-order valence-electron chi connectivity index (χ3n) is 5.81. The first-order valence-corrected chi connectivity index (χ1v) is 10.8. The quantitative estimate of drug-likeness (QED) is 0.440. The zero-order valence-electron chi connectivity index (χ0n) is 18.6. The first-order chi connectivity index (χ1) is 15.9. The number of rotatable bonds is 7. The summed E-state index contributed by atoms with van der Waals surface area (Å²) in [6, 6.07) is 22.4. The maximum Gasteiger partial charge on any atom is 0.249 e. The van der Waals surface area contributed by atoms with E-state index in [1.807, 2.05) is 61.5 Å². The lowest BCUT2D eigenvalue weighted by Gasteiger charge is -2.25. The van der Waals surface area contributed by atoms with Crippen LogP contribution in [0.3, 0.4) is 0 Å². The van der Waals surface area contributed by atoms with Gasteiger partial charge in [-0.15, -0.1) is 0 Å². The number of H-pyrrole nitrogens is 1. The van der Waals surface area contributed by atoms with Crippen LogP contribution in [0.4, 0.5) is 10.1 Å². The van der Waals surface area contributed by atoms with Crippen molar-refractivity contribution in [3.05, 3.63) is 102 Å². The third kappa shape index (κ3) is 5.12. The molecule has 0 spiro atoms. The van der Waals surface area contributed by atoms with E-state index >= 15 is 0 Å². The molecule has 6 heteroatoms. The predicted octanol–water partition coefficient (Wildman–Crippen LogP) is 4.55. The molecule has 1 heterocycles. The van der Waals surface area contributed by atoms with Crippen molar-refractivity contribution >= 4 is 28.4 Å². The zero-order valence-corrected chi connectivity index (χ0v) is 18.6. The minimum Gasteiger partial charge on any atom is -0.358 e. The number of halogens is 1. The van der Waals surface area contributed by atoms with Crippen molar-refractivity contribution < 1.29 is 14.0 Å². The Morgan fingerprint density at radius 2 is 1.73 bits per heavy atom. The molecule has 0 unspecified atom stereocenters. The highest BCUT2D eigenvalue weighted by atomic mass is 19.1. The molecule has 168 valence electrons. The number of hydrogen-bond acceptors (Lipinski definition) is 2. The summed E-state index contributed by atoms with van der Waals surface area (Å²) in [5, 5.41) is 3.92. The highest BCUT2D eigenvalue weighted by Gasteiger charge is 2.26. The van der Waals surface area contributed by atoms with Crippen LogP contribution in [0.5, 0.6) is 0 Å². The number of benzene rings is 3. The van der Waals surface area contributed by atoms with Crippen LogP contribution in [0.25, 0.3) is 10.9 Å². The van der Waals surface area contributed by atoms with E-state index in [1.54, 1.807) is 19.2 Å². The van der Waals surface area contributed by atoms with Gasteiger partial charge in [0.1, 0.15) is 11.9 Å². The van der Waals surface area contributed by atoms with E-state index < -0.39 is 11.9 Å². The number of aromatic nitrogens is 1. The molecule has 0 aliphatic rings. The Morgan fingerprint density at radius 3 is 2.48 bits per heavy atom. The van der Waals surface area contributed by atoms with Crippen LogP contribution in [0.2, 0.25) is 0 Å². The Kier molecular flexibility index (Phi) is 6.54. The van der Waals surface area contributed by atoms with Crippen LogP contribution in [-0.4, -0.2) is 29.9 Å². The van der Waals surface area contributed by atoms with Gasteiger partial charge in [-0.25, -0.2) is 4.39 Å². The van der Waals surface area contributed by atoms with Gasteiger partial charge in [0.05, 0.1) is 6.42 Å². The Hall–Kier alpha value is -3.93. The summed E-state index contributed by atoms with van der Waals surface area (Å²) < 4.78 is 13.7. The molecule has 5 nitrogen and oxygen atoms in total. The van der Waals surface area contributed by atoms with Crippen molar-refractivity contribution in [2.45, 2.75) is 25.8 Å². The Balaban J connectivity index is 1.57. The van der Waals surface area contributed by atoms with Crippen LogP contribution in [0.15, 0.2) is 78.9 Å². The van der Waals surface area contributed by atoms with E-state index in [2.05, 4.69) is 10.3 Å². The van der Waals surface area contributed by atoms with Crippen LogP contribution in [0.1, 0.15) is 16.8 Å². The molecule has 3 aromatic carbocycles. The topological polar surface area (TPSA) is 65.2 Å². The lowest BCUT2D eigenvalue weighted by atomic mass is 10.0. The lowest BCUT2D eigenvalue weighted by molar-refractivity contribution is -0.127. The van der Waals surface area contributed by atoms with Gasteiger partial charge in [-0.2, -0.15) is 0 Å². The van der Waals surface area contributed by atoms with E-state index in [0.29, 0.717) is 12.1 Å². The van der Waals surface area contributed by atoms with Gasteiger partial charge in [0, 0.05) is 35.8 Å². The average Bonchev–Trinajstić information content (AvgIpc) is 3.13. The summed E-state index contributed by atoms with van der Waals surface area (Å²) in [4.78, 5) is 31.1. The number of nitrogens with one attached hydrogen (secondary N) is 2. The van der Waals surface area contributed by atoms with Gasteiger partial charge in [0.15, 0.2) is 0 Å². The predicted molar refractivity (Wildman–Crippen MR) is 129 cm³/mol. The smallest absolute Gasteiger partial charge is 0.249 e. The number of hydrogen-bond donors (Lipinski definition) is 2. The van der Waals surface area contributed by atoms with Gasteiger partial charge >= 0.3 is 0 Å². The molecular weight excluding hydrogens is 417 g/mol. The maximum atomic E-state index is 13.7. The van der Waals surface area contributed by atoms with Gasteiger partial charge in [0.2, 0.25) is 11.8 Å². The first kappa shape index (κ1) is 22.3. The number of aryl methyl sites for hydroxylation is 1. The number of carbonyl (C=O) groups excluding carboxylic acids is 2. The molecule has 33 heavy (non-hydrogen) atoms. The van der Waals surface area contributed by atoms with E-state index in [4.69, 9.17) is 0 Å². The molecule has 2 amide bonds. The second-order valence-electron chi connectivity index (χ2n) is 8.14. The third-order valence-corrected chi connectivity index (χ3v) is 5.81. The van der Waals surface area contributed by atoms with Crippen LogP contribution in [-0.2, 0) is 22.4 Å². The molecule has 1 atom stereocenters. The Bertz CT molecular complexity index is 1280. The monoisotopic (exact) mass is 443 g/mol. The fourth-order valence-electron chi connectivity index (χ4n) is 4.06. The summed E-state index contributed by atoms with van der Waals surface area (Å²) in [7, 11) is 1.59. The molecule has 2 N–H and O–H groups in total. The van der Waals surface area contributed by atoms with Crippen molar-refractivity contribution in [3.63, 3.8) is 0 Å². The summed E-state index contributed by atoms with van der Waals surface area (Å²) >= 11 is 0. The normalized spacial score (nSPS) is 11.8. The van der Waals surface area contributed by atoms with Gasteiger partial charge in [-0.3, -0.25) is 9.59 Å². The molecule has 0 aliphatic carbocycles. The number of amides is 2. The second-order valence-corrected chi connectivity index (χ2v) is 8.14. The molecule has 4 rings (SSSR count). The van der Waals surface area contributed by atoms with E-state index in [0.717, 1.165) is 27.7 Å². The standard InChI is InChI=1S/C27H26FN3O2/c1-18-23(22-13-6-7-14-24(22)29-18)17-26(32)30-25(15-19-9-4-3-5-10-19)27(33)31(2)21-12-8-11-20(28)16-21/h3-14,16,25,29H,15,17H2,1-2H3,(H,30,32)/t25-/m0/s1. The minimum atomic E-state index is -0.793. The van der Waals surface area contributed by atoms with Gasteiger partial charge in [-0.05, 0) is 42.3 Å². The minimum absolute atomic E-state index is 0.151. The summed E-state index contributed by atoms with van der Waals surface area (Å²) in [5.41, 5.74) is 4.16. The Morgan fingerprint density at radius 1 is 1.00 bits per heavy atom. The number of carbonyl (C=O) groups is 2. The number of likely N-dealkylation sites (N-methyl/N-ethyl adjacent to an activating group) is 1.